The second kappa shape index (κ2) is 4.86. The van der Waals surface area contributed by atoms with Crippen molar-refractivity contribution in [2.75, 3.05) is 0 Å². The van der Waals surface area contributed by atoms with Crippen LogP contribution in [0.25, 0.3) is 0 Å². The molecule has 2 aliphatic rings. The van der Waals surface area contributed by atoms with E-state index in [2.05, 4.69) is 22.8 Å². The van der Waals surface area contributed by atoms with Crippen molar-refractivity contribution in [3.05, 3.63) is 35.4 Å². The Morgan fingerprint density at radius 3 is 2.70 bits per heavy atom. The molecule has 0 radical (unpaired) electrons. The van der Waals surface area contributed by atoms with Crippen molar-refractivity contribution in [1.29, 1.82) is 0 Å². The Hall–Kier alpha value is -1.39. The standard InChI is InChI=1S/C16H22N2O2/c1-16(2)13(8-14(16)19)18-15(20)12-7-10-5-3-4-6-11(10)9-17-12/h3-6,12-14,17,19H,7-9H2,1-2H3,(H,18,20)/t12-,13?,14?/m0/s1. The lowest BCUT2D eigenvalue weighted by molar-refractivity contribution is -0.131. The minimum absolute atomic E-state index is 0.0458. The van der Waals surface area contributed by atoms with Crippen molar-refractivity contribution < 1.29 is 9.90 Å². The third-order valence-corrected chi connectivity index (χ3v) is 4.93. The third-order valence-electron chi connectivity index (χ3n) is 4.93. The van der Waals surface area contributed by atoms with Crippen LogP contribution in [0.1, 0.15) is 31.4 Å². The van der Waals surface area contributed by atoms with Crippen LogP contribution in [-0.2, 0) is 17.8 Å². The molecule has 108 valence electrons. The van der Waals surface area contributed by atoms with Gasteiger partial charge in [0.05, 0.1) is 12.1 Å². The number of hydrogen-bond donors (Lipinski definition) is 3. The van der Waals surface area contributed by atoms with Gasteiger partial charge in [0.25, 0.3) is 0 Å². The summed E-state index contributed by atoms with van der Waals surface area (Å²) >= 11 is 0. The Balaban J connectivity index is 1.63. The predicted molar refractivity (Wildman–Crippen MR) is 77.1 cm³/mol. The molecule has 1 aliphatic carbocycles. The molecule has 0 spiro atoms. The lowest BCUT2D eigenvalue weighted by Gasteiger charge is -2.49. The molecule has 1 saturated carbocycles. The molecule has 3 rings (SSSR count). The zero-order valence-electron chi connectivity index (χ0n) is 12.0. The Morgan fingerprint density at radius 1 is 1.35 bits per heavy atom. The number of carbonyl (C=O) groups is 1. The van der Waals surface area contributed by atoms with E-state index in [1.165, 1.54) is 11.1 Å². The average molecular weight is 274 g/mol. The summed E-state index contributed by atoms with van der Waals surface area (Å²) < 4.78 is 0. The molecule has 0 aromatic heterocycles. The fraction of sp³-hybridized carbons (Fsp3) is 0.562. The highest BCUT2D eigenvalue weighted by atomic mass is 16.3. The van der Waals surface area contributed by atoms with E-state index in [0.717, 1.165) is 13.0 Å². The maximum atomic E-state index is 12.4. The van der Waals surface area contributed by atoms with E-state index in [1.807, 2.05) is 26.0 Å². The summed E-state index contributed by atoms with van der Waals surface area (Å²) in [5.41, 5.74) is 2.30. The number of hydrogen-bond acceptors (Lipinski definition) is 3. The van der Waals surface area contributed by atoms with Gasteiger partial charge in [-0.2, -0.15) is 0 Å². The van der Waals surface area contributed by atoms with Gasteiger partial charge in [0, 0.05) is 18.0 Å². The lowest BCUT2D eigenvalue weighted by Crippen LogP contribution is -2.63. The van der Waals surface area contributed by atoms with Gasteiger partial charge in [0.1, 0.15) is 0 Å². The zero-order chi connectivity index (χ0) is 14.3. The zero-order valence-corrected chi connectivity index (χ0v) is 12.0. The topological polar surface area (TPSA) is 61.4 Å². The molecule has 3 atom stereocenters. The Kier molecular flexibility index (Phi) is 3.30. The van der Waals surface area contributed by atoms with Crippen LogP contribution in [0.5, 0.6) is 0 Å². The van der Waals surface area contributed by atoms with Gasteiger partial charge in [-0.05, 0) is 24.0 Å². The maximum absolute atomic E-state index is 12.4. The van der Waals surface area contributed by atoms with E-state index in [1.54, 1.807) is 0 Å². The molecule has 0 saturated heterocycles. The minimum Gasteiger partial charge on any atom is -0.392 e. The first-order valence-electron chi connectivity index (χ1n) is 7.27. The van der Waals surface area contributed by atoms with Crippen LogP contribution in [0.15, 0.2) is 24.3 Å². The molecular weight excluding hydrogens is 252 g/mol. The smallest absolute Gasteiger partial charge is 0.237 e. The van der Waals surface area contributed by atoms with Gasteiger partial charge in [0.15, 0.2) is 0 Å². The molecule has 4 heteroatoms. The molecule has 1 aromatic carbocycles. The summed E-state index contributed by atoms with van der Waals surface area (Å²) in [5.74, 6) is 0.0458. The molecule has 3 N–H and O–H groups in total. The van der Waals surface area contributed by atoms with Crippen molar-refractivity contribution in [3.8, 4) is 0 Å². The summed E-state index contributed by atoms with van der Waals surface area (Å²) in [6.45, 7) is 4.73. The summed E-state index contributed by atoms with van der Waals surface area (Å²) in [6, 6.07) is 8.14. The molecule has 2 unspecified atom stereocenters. The first-order chi connectivity index (χ1) is 9.48. The van der Waals surface area contributed by atoms with Crippen LogP contribution in [0.2, 0.25) is 0 Å². The number of nitrogens with one attached hydrogen (secondary N) is 2. The van der Waals surface area contributed by atoms with E-state index in [4.69, 9.17) is 0 Å². The van der Waals surface area contributed by atoms with Gasteiger partial charge < -0.3 is 15.7 Å². The molecule has 0 bridgehead atoms. The van der Waals surface area contributed by atoms with Gasteiger partial charge in [-0.25, -0.2) is 0 Å². The quantitative estimate of drug-likeness (QED) is 0.753. The second-order valence-corrected chi connectivity index (χ2v) is 6.54. The van der Waals surface area contributed by atoms with Gasteiger partial charge in [-0.3, -0.25) is 4.79 Å². The van der Waals surface area contributed by atoms with Crippen molar-refractivity contribution in [3.63, 3.8) is 0 Å². The fourth-order valence-corrected chi connectivity index (χ4v) is 3.06. The van der Waals surface area contributed by atoms with Crippen LogP contribution in [0.3, 0.4) is 0 Å². The highest BCUT2D eigenvalue weighted by Gasteiger charge is 2.48. The molecular formula is C16H22N2O2. The molecule has 4 nitrogen and oxygen atoms in total. The number of amides is 1. The molecule has 1 aromatic rings. The van der Waals surface area contributed by atoms with Crippen LogP contribution in [0, 0.1) is 5.41 Å². The van der Waals surface area contributed by atoms with Crippen molar-refractivity contribution >= 4 is 5.91 Å². The number of aliphatic hydroxyl groups excluding tert-OH is 1. The largest absolute Gasteiger partial charge is 0.392 e. The highest BCUT2D eigenvalue weighted by molar-refractivity contribution is 5.83. The Morgan fingerprint density at radius 2 is 2.05 bits per heavy atom. The number of benzene rings is 1. The van der Waals surface area contributed by atoms with E-state index < -0.39 is 0 Å². The maximum Gasteiger partial charge on any atom is 0.237 e. The molecule has 1 fully saturated rings. The first-order valence-corrected chi connectivity index (χ1v) is 7.27. The van der Waals surface area contributed by atoms with E-state index in [0.29, 0.717) is 6.42 Å². The Labute approximate surface area is 119 Å². The summed E-state index contributed by atoms with van der Waals surface area (Å²) in [7, 11) is 0. The Bertz CT molecular complexity index is 527. The van der Waals surface area contributed by atoms with E-state index in [-0.39, 0.29) is 29.5 Å². The van der Waals surface area contributed by atoms with Gasteiger partial charge in [-0.1, -0.05) is 38.1 Å². The average Bonchev–Trinajstić information content (AvgIpc) is 2.46. The second-order valence-electron chi connectivity index (χ2n) is 6.54. The predicted octanol–water partition coefficient (Wildman–Crippen LogP) is 0.976. The van der Waals surface area contributed by atoms with Crippen LogP contribution >= 0.6 is 0 Å². The highest BCUT2D eigenvalue weighted by Crippen LogP contribution is 2.40. The van der Waals surface area contributed by atoms with Crippen molar-refractivity contribution in [2.45, 2.75) is 51.4 Å². The van der Waals surface area contributed by atoms with E-state index >= 15 is 0 Å². The van der Waals surface area contributed by atoms with Crippen LogP contribution in [-0.4, -0.2) is 29.2 Å². The van der Waals surface area contributed by atoms with Crippen LogP contribution < -0.4 is 10.6 Å². The number of fused-ring (bicyclic) bond motifs is 1. The summed E-state index contributed by atoms with van der Waals surface area (Å²) in [6.07, 6.45) is 1.08. The number of rotatable bonds is 2. The normalized spacial score (nSPS) is 31.1. The summed E-state index contributed by atoms with van der Waals surface area (Å²) in [5, 5.41) is 16.1. The van der Waals surface area contributed by atoms with E-state index in [9.17, 15) is 9.90 Å². The monoisotopic (exact) mass is 274 g/mol. The molecule has 1 heterocycles. The van der Waals surface area contributed by atoms with Crippen LogP contribution in [0.4, 0.5) is 0 Å². The number of carbonyl (C=O) groups excluding carboxylic acids is 1. The molecule has 20 heavy (non-hydrogen) atoms. The summed E-state index contributed by atoms with van der Waals surface area (Å²) in [4.78, 5) is 12.4. The van der Waals surface area contributed by atoms with Gasteiger partial charge in [0.2, 0.25) is 5.91 Å². The third kappa shape index (κ3) is 2.23. The molecule has 1 amide bonds. The SMILES string of the molecule is CC1(C)C(O)CC1NC(=O)[C@@H]1Cc2ccccc2CN1. The first kappa shape index (κ1) is 13.6. The fourth-order valence-electron chi connectivity index (χ4n) is 3.06. The lowest BCUT2D eigenvalue weighted by atomic mass is 9.64. The minimum atomic E-state index is -0.312. The van der Waals surface area contributed by atoms with Gasteiger partial charge >= 0.3 is 0 Å². The van der Waals surface area contributed by atoms with Gasteiger partial charge in [-0.15, -0.1) is 0 Å². The van der Waals surface area contributed by atoms with Crippen molar-refractivity contribution in [1.82, 2.24) is 10.6 Å². The number of aliphatic hydroxyl groups is 1. The van der Waals surface area contributed by atoms with Crippen molar-refractivity contribution in [2.24, 2.45) is 5.41 Å². The molecule has 1 aliphatic heterocycles.